The Bertz CT molecular complexity index is 827. The SMILES string of the molecule is Nc1ccc(C(=O)N2CCC(c3nc4ccccc4[nH]3)CC2)cc1. The zero-order valence-corrected chi connectivity index (χ0v) is 13.4. The summed E-state index contributed by atoms with van der Waals surface area (Å²) in [5.74, 6) is 1.50. The lowest BCUT2D eigenvalue weighted by Gasteiger charge is -2.31. The monoisotopic (exact) mass is 320 g/mol. The molecule has 1 amide bonds. The number of nitrogens with one attached hydrogen (secondary N) is 1. The third-order valence-electron chi connectivity index (χ3n) is 4.73. The third-order valence-corrected chi connectivity index (χ3v) is 4.73. The molecule has 122 valence electrons. The molecule has 1 aliphatic heterocycles. The predicted molar refractivity (Wildman–Crippen MR) is 94.8 cm³/mol. The Hall–Kier alpha value is -2.82. The maximum atomic E-state index is 12.6. The first-order valence-electron chi connectivity index (χ1n) is 8.30. The summed E-state index contributed by atoms with van der Waals surface area (Å²) in [5.41, 5.74) is 9.14. The van der Waals surface area contributed by atoms with Gasteiger partial charge >= 0.3 is 0 Å². The summed E-state index contributed by atoms with van der Waals surface area (Å²) in [6.45, 7) is 1.51. The number of benzene rings is 2. The van der Waals surface area contributed by atoms with Crippen LogP contribution in [0.1, 0.15) is 34.9 Å². The van der Waals surface area contributed by atoms with Gasteiger partial charge in [-0.05, 0) is 49.2 Å². The van der Waals surface area contributed by atoms with E-state index in [0.717, 1.165) is 42.8 Å². The standard InChI is InChI=1S/C19H20N4O/c20-15-7-5-14(6-8-15)19(24)23-11-9-13(10-12-23)18-21-16-3-1-2-4-17(16)22-18/h1-8,13H,9-12,20H2,(H,21,22). The molecule has 0 saturated carbocycles. The normalized spacial score (nSPS) is 15.8. The van der Waals surface area contributed by atoms with Gasteiger partial charge in [-0.1, -0.05) is 12.1 Å². The zero-order chi connectivity index (χ0) is 16.5. The van der Waals surface area contributed by atoms with E-state index < -0.39 is 0 Å². The zero-order valence-electron chi connectivity index (χ0n) is 13.4. The number of carbonyl (C=O) groups is 1. The van der Waals surface area contributed by atoms with Gasteiger partial charge in [0.25, 0.3) is 5.91 Å². The fraction of sp³-hybridized carbons (Fsp3) is 0.263. The first kappa shape index (κ1) is 14.8. The number of H-pyrrole nitrogens is 1. The van der Waals surface area contributed by atoms with Crippen LogP contribution in [0.5, 0.6) is 0 Å². The molecule has 4 rings (SSSR count). The van der Waals surface area contributed by atoms with Crippen LogP contribution in [-0.4, -0.2) is 33.9 Å². The lowest BCUT2D eigenvalue weighted by atomic mass is 9.95. The highest BCUT2D eigenvalue weighted by atomic mass is 16.2. The number of hydrogen-bond donors (Lipinski definition) is 2. The van der Waals surface area contributed by atoms with E-state index in [1.54, 1.807) is 24.3 Å². The fourth-order valence-electron chi connectivity index (χ4n) is 3.33. The number of anilines is 1. The number of likely N-dealkylation sites (tertiary alicyclic amines) is 1. The number of imidazole rings is 1. The number of fused-ring (bicyclic) bond motifs is 1. The second-order valence-electron chi connectivity index (χ2n) is 6.33. The van der Waals surface area contributed by atoms with Crippen molar-refractivity contribution in [3.63, 3.8) is 0 Å². The van der Waals surface area contributed by atoms with Crippen LogP contribution in [0.2, 0.25) is 0 Å². The van der Waals surface area contributed by atoms with Crippen molar-refractivity contribution in [2.24, 2.45) is 0 Å². The topological polar surface area (TPSA) is 75.0 Å². The second kappa shape index (κ2) is 6.00. The van der Waals surface area contributed by atoms with Gasteiger partial charge in [-0.25, -0.2) is 4.98 Å². The first-order valence-corrected chi connectivity index (χ1v) is 8.30. The van der Waals surface area contributed by atoms with Crippen LogP contribution in [0, 0.1) is 0 Å². The number of rotatable bonds is 2. The summed E-state index contributed by atoms with van der Waals surface area (Å²) < 4.78 is 0. The number of hydrogen-bond acceptors (Lipinski definition) is 3. The minimum Gasteiger partial charge on any atom is -0.399 e. The number of carbonyl (C=O) groups excluding carboxylic acids is 1. The molecule has 2 heterocycles. The first-order chi connectivity index (χ1) is 11.7. The van der Waals surface area contributed by atoms with Gasteiger partial charge in [0.1, 0.15) is 5.82 Å². The minimum absolute atomic E-state index is 0.0815. The van der Waals surface area contributed by atoms with Gasteiger partial charge < -0.3 is 15.6 Å². The number of nitrogens with two attached hydrogens (primary N) is 1. The molecule has 1 fully saturated rings. The largest absolute Gasteiger partial charge is 0.399 e. The van der Waals surface area contributed by atoms with E-state index in [-0.39, 0.29) is 5.91 Å². The molecule has 1 saturated heterocycles. The highest BCUT2D eigenvalue weighted by Crippen LogP contribution is 2.28. The Balaban J connectivity index is 1.44. The average Bonchev–Trinajstić information content (AvgIpc) is 3.06. The van der Waals surface area contributed by atoms with Gasteiger partial charge in [-0.3, -0.25) is 4.79 Å². The predicted octanol–water partition coefficient (Wildman–Crippen LogP) is 3.16. The summed E-state index contributed by atoms with van der Waals surface area (Å²) in [5, 5.41) is 0. The fourth-order valence-corrected chi connectivity index (χ4v) is 3.33. The molecule has 3 N–H and O–H groups in total. The maximum Gasteiger partial charge on any atom is 0.253 e. The maximum absolute atomic E-state index is 12.6. The van der Waals surface area contributed by atoms with Crippen LogP contribution in [0.15, 0.2) is 48.5 Å². The molecule has 0 spiro atoms. The molecular weight excluding hydrogens is 300 g/mol. The van der Waals surface area contributed by atoms with Gasteiger partial charge in [0.05, 0.1) is 11.0 Å². The van der Waals surface area contributed by atoms with Gasteiger partial charge in [-0.15, -0.1) is 0 Å². The van der Waals surface area contributed by atoms with Crippen molar-refractivity contribution < 1.29 is 4.79 Å². The Labute approximate surface area is 140 Å². The van der Waals surface area contributed by atoms with Crippen molar-refractivity contribution in [3.8, 4) is 0 Å². The van der Waals surface area contributed by atoms with Crippen molar-refractivity contribution >= 4 is 22.6 Å². The molecule has 0 aliphatic carbocycles. The van der Waals surface area contributed by atoms with Crippen LogP contribution < -0.4 is 5.73 Å². The number of amides is 1. The molecule has 1 aromatic heterocycles. The van der Waals surface area contributed by atoms with Crippen LogP contribution in [0.4, 0.5) is 5.69 Å². The second-order valence-corrected chi connectivity index (χ2v) is 6.33. The van der Waals surface area contributed by atoms with Gasteiger partial charge in [0, 0.05) is 30.3 Å². The van der Waals surface area contributed by atoms with Crippen molar-refractivity contribution in [2.45, 2.75) is 18.8 Å². The van der Waals surface area contributed by atoms with Gasteiger partial charge in [0.2, 0.25) is 0 Å². The molecule has 2 aromatic carbocycles. The molecule has 3 aromatic rings. The summed E-state index contributed by atoms with van der Waals surface area (Å²) >= 11 is 0. The number of para-hydroxylation sites is 2. The highest BCUT2D eigenvalue weighted by molar-refractivity contribution is 5.94. The van der Waals surface area contributed by atoms with Crippen molar-refractivity contribution in [1.29, 1.82) is 0 Å². The van der Waals surface area contributed by atoms with Crippen LogP contribution in [0.3, 0.4) is 0 Å². The molecule has 5 nitrogen and oxygen atoms in total. The number of nitrogens with zero attached hydrogens (tertiary/aromatic N) is 2. The lowest BCUT2D eigenvalue weighted by Crippen LogP contribution is -2.38. The third kappa shape index (κ3) is 2.73. The molecule has 0 unspecified atom stereocenters. The smallest absolute Gasteiger partial charge is 0.253 e. The van der Waals surface area contributed by atoms with E-state index in [1.165, 1.54) is 0 Å². The highest BCUT2D eigenvalue weighted by Gasteiger charge is 2.26. The summed E-state index contributed by atoms with van der Waals surface area (Å²) in [6.07, 6.45) is 1.86. The molecule has 1 aliphatic rings. The summed E-state index contributed by atoms with van der Waals surface area (Å²) in [6, 6.07) is 15.2. The van der Waals surface area contributed by atoms with E-state index in [0.29, 0.717) is 17.2 Å². The number of nitrogen functional groups attached to an aromatic ring is 1. The van der Waals surface area contributed by atoms with E-state index in [4.69, 9.17) is 10.7 Å². The lowest BCUT2D eigenvalue weighted by molar-refractivity contribution is 0.0711. The summed E-state index contributed by atoms with van der Waals surface area (Å²) in [4.78, 5) is 22.6. The Morgan fingerprint density at radius 2 is 1.79 bits per heavy atom. The van der Waals surface area contributed by atoms with Crippen LogP contribution in [-0.2, 0) is 0 Å². The van der Waals surface area contributed by atoms with E-state index in [1.807, 2.05) is 29.2 Å². The van der Waals surface area contributed by atoms with Crippen LogP contribution in [0.25, 0.3) is 11.0 Å². The van der Waals surface area contributed by atoms with Crippen molar-refractivity contribution in [2.75, 3.05) is 18.8 Å². The molecule has 24 heavy (non-hydrogen) atoms. The van der Waals surface area contributed by atoms with Gasteiger partial charge in [-0.2, -0.15) is 0 Å². The Kier molecular flexibility index (Phi) is 3.69. The minimum atomic E-state index is 0.0815. The van der Waals surface area contributed by atoms with E-state index >= 15 is 0 Å². The molecule has 0 bridgehead atoms. The van der Waals surface area contributed by atoms with Crippen molar-refractivity contribution in [3.05, 3.63) is 59.9 Å². The number of aromatic nitrogens is 2. The number of piperidine rings is 1. The average molecular weight is 320 g/mol. The van der Waals surface area contributed by atoms with Crippen LogP contribution >= 0.6 is 0 Å². The van der Waals surface area contributed by atoms with Gasteiger partial charge in [0.15, 0.2) is 0 Å². The summed E-state index contributed by atoms with van der Waals surface area (Å²) in [7, 11) is 0. The number of aromatic amines is 1. The molecule has 5 heteroatoms. The van der Waals surface area contributed by atoms with E-state index in [2.05, 4.69) is 4.98 Å². The Morgan fingerprint density at radius 3 is 2.50 bits per heavy atom. The molecular formula is C19H20N4O. The van der Waals surface area contributed by atoms with E-state index in [9.17, 15) is 4.79 Å². The van der Waals surface area contributed by atoms with Crippen molar-refractivity contribution in [1.82, 2.24) is 14.9 Å². The molecule has 0 atom stereocenters. The quantitative estimate of drug-likeness (QED) is 0.712. The Morgan fingerprint density at radius 1 is 1.08 bits per heavy atom. The molecule has 0 radical (unpaired) electrons.